The van der Waals surface area contributed by atoms with E-state index >= 15 is 0 Å². The van der Waals surface area contributed by atoms with E-state index in [0.717, 1.165) is 6.04 Å². The summed E-state index contributed by atoms with van der Waals surface area (Å²) >= 11 is 0. The standard InChI is InChI=1S/C11H22N2/c1-11(6-2-3-7-11)13-9-10-5-4-8-12-10/h10,12-13H,2-9H2,1H3/t10-/m0/s1. The highest BCUT2D eigenvalue weighted by Gasteiger charge is 2.28. The van der Waals surface area contributed by atoms with Gasteiger partial charge in [-0.25, -0.2) is 0 Å². The summed E-state index contributed by atoms with van der Waals surface area (Å²) in [5.41, 5.74) is 0.463. The maximum Gasteiger partial charge on any atom is 0.0193 e. The second kappa shape index (κ2) is 3.97. The Labute approximate surface area is 81.5 Å². The van der Waals surface area contributed by atoms with Crippen molar-refractivity contribution in [2.75, 3.05) is 13.1 Å². The monoisotopic (exact) mass is 182 g/mol. The first kappa shape index (κ1) is 9.47. The Morgan fingerprint density at radius 2 is 2.08 bits per heavy atom. The molecule has 1 heterocycles. The molecule has 2 nitrogen and oxygen atoms in total. The topological polar surface area (TPSA) is 24.1 Å². The fraction of sp³-hybridized carbons (Fsp3) is 1.00. The van der Waals surface area contributed by atoms with Crippen LogP contribution in [0.4, 0.5) is 0 Å². The van der Waals surface area contributed by atoms with E-state index in [1.54, 1.807) is 0 Å². The van der Waals surface area contributed by atoms with Crippen molar-refractivity contribution in [3.05, 3.63) is 0 Å². The number of rotatable bonds is 3. The molecule has 1 saturated carbocycles. The molecule has 2 N–H and O–H groups in total. The van der Waals surface area contributed by atoms with E-state index in [9.17, 15) is 0 Å². The van der Waals surface area contributed by atoms with E-state index in [-0.39, 0.29) is 0 Å². The quantitative estimate of drug-likeness (QED) is 0.693. The van der Waals surface area contributed by atoms with Gasteiger partial charge in [0, 0.05) is 18.1 Å². The van der Waals surface area contributed by atoms with Crippen LogP contribution in [0.2, 0.25) is 0 Å². The lowest BCUT2D eigenvalue weighted by molar-refractivity contribution is 0.345. The number of nitrogens with one attached hydrogen (secondary N) is 2. The smallest absolute Gasteiger partial charge is 0.0193 e. The van der Waals surface area contributed by atoms with E-state index in [0.29, 0.717) is 5.54 Å². The maximum atomic E-state index is 3.74. The highest BCUT2D eigenvalue weighted by molar-refractivity contribution is 4.90. The number of hydrogen-bond acceptors (Lipinski definition) is 2. The molecule has 2 rings (SSSR count). The van der Waals surface area contributed by atoms with Crippen LogP contribution < -0.4 is 10.6 Å². The molecule has 0 amide bonds. The molecule has 2 heteroatoms. The summed E-state index contributed by atoms with van der Waals surface area (Å²) < 4.78 is 0. The van der Waals surface area contributed by atoms with E-state index in [4.69, 9.17) is 0 Å². The predicted molar refractivity (Wildman–Crippen MR) is 55.9 cm³/mol. The minimum atomic E-state index is 0.463. The third-order valence-electron chi connectivity index (χ3n) is 3.64. The van der Waals surface area contributed by atoms with Crippen LogP contribution in [0.15, 0.2) is 0 Å². The van der Waals surface area contributed by atoms with Crippen LogP contribution in [0.1, 0.15) is 45.4 Å². The third-order valence-corrected chi connectivity index (χ3v) is 3.64. The molecule has 0 radical (unpaired) electrons. The third kappa shape index (κ3) is 2.44. The van der Waals surface area contributed by atoms with Crippen molar-refractivity contribution in [1.82, 2.24) is 10.6 Å². The van der Waals surface area contributed by atoms with Crippen LogP contribution in [-0.2, 0) is 0 Å². The fourth-order valence-corrected chi connectivity index (χ4v) is 2.63. The summed E-state index contributed by atoms with van der Waals surface area (Å²) in [4.78, 5) is 0. The van der Waals surface area contributed by atoms with Gasteiger partial charge in [-0.1, -0.05) is 12.8 Å². The second-order valence-corrected chi connectivity index (χ2v) is 4.94. The molecule has 2 fully saturated rings. The molecule has 1 atom stereocenters. The van der Waals surface area contributed by atoms with Gasteiger partial charge < -0.3 is 10.6 Å². The summed E-state index contributed by atoms with van der Waals surface area (Å²) in [6, 6.07) is 0.748. The fourth-order valence-electron chi connectivity index (χ4n) is 2.63. The van der Waals surface area contributed by atoms with Gasteiger partial charge in [0.25, 0.3) is 0 Å². The van der Waals surface area contributed by atoms with E-state index in [1.807, 2.05) is 0 Å². The van der Waals surface area contributed by atoms with Crippen LogP contribution >= 0.6 is 0 Å². The van der Waals surface area contributed by atoms with Gasteiger partial charge in [-0.3, -0.25) is 0 Å². The molecule has 2 aliphatic rings. The van der Waals surface area contributed by atoms with Crippen molar-refractivity contribution < 1.29 is 0 Å². The van der Waals surface area contributed by atoms with Gasteiger partial charge in [0.15, 0.2) is 0 Å². The molecule has 76 valence electrons. The van der Waals surface area contributed by atoms with Crippen molar-refractivity contribution in [3.63, 3.8) is 0 Å². The Morgan fingerprint density at radius 1 is 1.31 bits per heavy atom. The van der Waals surface area contributed by atoms with Crippen molar-refractivity contribution in [2.24, 2.45) is 0 Å². The molecule has 0 aromatic heterocycles. The van der Waals surface area contributed by atoms with Crippen molar-refractivity contribution in [2.45, 2.75) is 57.0 Å². The molecule has 0 unspecified atom stereocenters. The predicted octanol–water partition coefficient (Wildman–Crippen LogP) is 1.66. The zero-order valence-electron chi connectivity index (χ0n) is 8.73. The zero-order chi connectivity index (χ0) is 9.15. The average Bonchev–Trinajstić information content (AvgIpc) is 2.72. The molecule has 0 spiro atoms. The molecular formula is C11H22N2. The molecule has 1 aliphatic heterocycles. The van der Waals surface area contributed by atoms with Crippen molar-refractivity contribution in [1.29, 1.82) is 0 Å². The van der Waals surface area contributed by atoms with E-state index < -0.39 is 0 Å². The van der Waals surface area contributed by atoms with Crippen LogP contribution in [-0.4, -0.2) is 24.7 Å². The summed E-state index contributed by atoms with van der Waals surface area (Å²) in [5, 5.41) is 7.27. The van der Waals surface area contributed by atoms with Crippen molar-refractivity contribution in [3.8, 4) is 0 Å². The molecule has 13 heavy (non-hydrogen) atoms. The summed E-state index contributed by atoms with van der Waals surface area (Å²) in [7, 11) is 0. The largest absolute Gasteiger partial charge is 0.313 e. The van der Waals surface area contributed by atoms with Crippen LogP contribution in [0.5, 0.6) is 0 Å². The SMILES string of the molecule is CC1(NC[C@@H]2CCCN2)CCCC1. The van der Waals surface area contributed by atoms with Crippen LogP contribution in [0, 0.1) is 0 Å². The van der Waals surface area contributed by atoms with Crippen LogP contribution in [0.25, 0.3) is 0 Å². The minimum absolute atomic E-state index is 0.463. The Morgan fingerprint density at radius 3 is 2.69 bits per heavy atom. The van der Waals surface area contributed by atoms with E-state index in [1.165, 1.54) is 51.6 Å². The Kier molecular flexibility index (Phi) is 2.89. The summed E-state index contributed by atoms with van der Waals surface area (Å²) in [6.45, 7) is 4.79. The first-order valence-corrected chi connectivity index (χ1v) is 5.77. The Bertz CT molecular complexity index is 155. The molecule has 0 bridgehead atoms. The highest BCUT2D eigenvalue weighted by atomic mass is 15.0. The van der Waals surface area contributed by atoms with Crippen molar-refractivity contribution >= 4 is 0 Å². The van der Waals surface area contributed by atoms with Gasteiger partial charge in [-0.05, 0) is 39.2 Å². The summed E-state index contributed by atoms with van der Waals surface area (Å²) in [5.74, 6) is 0. The van der Waals surface area contributed by atoms with Crippen LogP contribution in [0.3, 0.4) is 0 Å². The van der Waals surface area contributed by atoms with Gasteiger partial charge in [0.2, 0.25) is 0 Å². The number of hydrogen-bond donors (Lipinski definition) is 2. The van der Waals surface area contributed by atoms with E-state index in [2.05, 4.69) is 17.6 Å². The molecular weight excluding hydrogens is 160 g/mol. The average molecular weight is 182 g/mol. The Balaban J connectivity index is 1.71. The molecule has 1 saturated heterocycles. The maximum absolute atomic E-state index is 3.74. The molecule has 0 aromatic rings. The summed E-state index contributed by atoms with van der Waals surface area (Å²) in [6.07, 6.45) is 8.31. The normalized spacial score (nSPS) is 32.5. The lowest BCUT2D eigenvalue weighted by Crippen LogP contribution is -2.45. The highest BCUT2D eigenvalue weighted by Crippen LogP contribution is 2.28. The van der Waals surface area contributed by atoms with Gasteiger partial charge in [-0.2, -0.15) is 0 Å². The first-order valence-electron chi connectivity index (χ1n) is 5.77. The van der Waals surface area contributed by atoms with Gasteiger partial charge in [-0.15, -0.1) is 0 Å². The zero-order valence-corrected chi connectivity index (χ0v) is 8.73. The minimum Gasteiger partial charge on any atom is -0.313 e. The van der Waals surface area contributed by atoms with Gasteiger partial charge >= 0.3 is 0 Å². The Hall–Kier alpha value is -0.0800. The van der Waals surface area contributed by atoms with Gasteiger partial charge in [0.05, 0.1) is 0 Å². The lowest BCUT2D eigenvalue weighted by Gasteiger charge is -2.27. The lowest BCUT2D eigenvalue weighted by atomic mass is 10.0. The first-order chi connectivity index (χ1) is 6.29. The van der Waals surface area contributed by atoms with Gasteiger partial charge in [0.1, 0.15) is 0 Å². The molecule has 0 aromatic carbocycles. The molecule has 1 aliphatic carbocycles. The second-order valence-electron chi connectivity index (χ2n) is 4.94.